The molecule has 5 nitrogen and oxygen atoms in total. The predicted molar refractivity (Wildman–Crippen MR) is 78.6 cm³/mol. The molecule has 6 heteroatoms. The number of benzene rings is 1. The molecule has 1 saturated heterocycles. The molecule has 1 aromatic rings. The predicted octanol–water partition coefficient (Wildman–Crippen LogP) is -2.10. The summed E-state index contributed by atoms with van der Waals surface area (Å²) in [6.45, 7) is 2.25. The zero-order chi connectivity index (χ0) is 15.1. The van der Waals surface area contributed by atoms with E-state index in [9.17, 15) is 10.2 Å². The molecule has 3 aliphatic heterocycles. The van der Waals surface area contributed by atoms with E-state index in [0.717, 1.165) is 41.1 Å². The average Bonchev–Trinajstić information content (AvgIpc) is 3.06. The lowest BCUT2D eigenvalue weighted by molar-refractivity contribution is -0.935. The molecule has 1 aliphatic carbocycles. The topological polar surface area (TPSA) is 58.9 Å². The Hall–Kier alpha value is -0.830. The van der Waals surface area contributed by atoms with Gasteiger partial charge in [0.2, 0.25) is 6.79 Å². The van der Waals surface area contributed by atoms with Crippen molar-refractivity contribution in [3.63, 3.8) is 0 Å². The lowest BCUT2D eigenvalue weighted by atomic mass is 9.72. The summed E-state index contributed by atoms with van der Waals surface area (Å²) in [7, 11) is 2.26. The second-order valence-electron chi connectivity index (χ2n) is 7.21. The molecule has 23 heavy (non-hydrogen) atoms. The molecule has 0 bridgehead atoms. The van der Waals surface area contributed by atoms with Crippen LogP contribution < -0.4 is 33.5 Å². The van der Waals surface area contributed by atoms with E-state index >= 15 is 0 Å². The van der Waals surface area contributed by atoms with Gasteiger partial charge in [0.15, 0.2) is 11.5 Å². The Kier molecular flexibility index (Phi) is 3.46. The fraction of sp³-hybridized carbons (Fsp3) is 0.529. The van der Waals surface area contributed by atoms with E-state index < -0.39 is 12.2 Å². The summed E-state index contributed by atoms with van der Waals surface area (Å²) in [6.07, 6.45) is 1.35. The molecule has 1 unspecified atom stereocenters. The van der Waals surface area contributed by atoms with Crippen molar-refractivity contribution in [3.8, 4) is 11.5 Å². The van der Waals surface area contributed by atoms with Crippen molar-refractivity contribution in [1.82, 2.24) is 0 Å². The van der Waals surface area contributed by atoms with Crippen molar-refractivity contribution in [2.45, 2.75) is 37.1 Å². The normalized spacial score (nSPS) is 39.2. The van der Waals surface area contributed by atoms with Crippen LogP contribution in [0, 0.1) is 0 Å². The maximum absolute atomic E-state index is 10.7. The summed E-state index contributed by atoms with van der Waals surface area (Å²) in [6, 6.07) is 4.35. The number of halogens is 1. The van der Waals surface area contributed by atoms with E-state index in [1.807, 2.05) is 12.1 Å². The van der Waals surface area contributed by atoms with Crippen LogP contribution in [0.2, 0.25) is 0 Å². The van der Waals surface area contributed by atoms with Crippen LogP contribution in [-0.4, -0.2) is 53.3 Å². The van der Waals surface area contributed by atoms with Gasteiger partial charge in [0.1, 0.15) is 12.6 Å². The second-order valence-corrected chi connectivity index (χ2v) is 7.21. The van der Waals surface area contributed by atoms with Crippen molar-refractivity contribution in [2.75, 3.05) is 20.4 Å². The summed E-state index contributed by atoms with van der Waals surface area (Å²) in [5, 5.41) is 20.9. The molecule has 5 atom stereocenters. The van der Waals surface area contributed by atoms with Crippen LogP contribution in [0.4, 0.5) is 0 Å². The first-order valence-corrected chi connectivity index (χ1v) is 7.90. The Morgan fingerprint density at radius 1 is 1.17 bits per heavy atom. The number of ether oxygens (including phenoxy) is 2. The maximum Gasteiger partial charge on any atom is 0.231 e. The molecule has 1 aromatic carbocycles. The van der Waals surface area contributed by atoms with Crippen LogP contribution in [0.15, 0.2) is 23.8 Å². The van der Waals surface area contributed by atoms with Gasteiger partial charge in [-0.05, 0) is 29.3 Å². The molecule has 124 valence electrons. The largest absolute Gasteiger partial charge is 1.00 e. The minimum Gasteiger partial charge on any atom is -1.00 e. The monoisotopic (exact) mass is 429 g/mol. The van der Waals surface area contributed by atoms with E-state index in [1.54, 1.807) is 0 Å². The highest BCUT2D eigenvalue weighted by atomic mass is 127. The Morgan fingerprint density at radius 3 is 2.70 bits per heavy atom. The van der Waals surface area contributed by atoms with Gasteiger partial charge >= 0.3 is 0 Å². The van der Waals surface area contributed by atoms with Gasteiger partial charge in [-0.25, -0.2) is 0 Å². The molecule has 0 radical (unpaired) electrons. The van der Waals surface area contributed by atoms with Gasteiger partial charge in [-0.1, -0.05) is 0 Å². The molecule has 1 fully saturated rings. The van der Waals surface area contributed by atoms with E-state index in [0.29, 0.717) is 0 Å². The molecule has 4 aliphatic rings. The van der Waals surface area contributed by atoms with Crippen molar-refractivity contribution < 1.29 is 48.1 Å². The van der Waals surface area contributed by atoms with Gasteiger partial charge in [-0.15, -0.1) is 0 Å². The minimum absolute atomic E-state index is 0. The molecular formula is C17H20INO4. The van der Waals surface area contributed by atoms with Crippen molar-refractivity contribution in [3.05, 3.63) is 34.9 Å². The number of aliphatic hydroxyl groups is 2. The molecule has 0 saturated carbocycles. The Labute approximate surface area is 152 Å². The van der Waals surface area contributed by atoms with Crippen LogP contribution in [0.1, 0.15) is 23.5 Å². The number of likely N-dealkylation sites (N-methyl/N-ethyl adjacent to an activating group) is 1. The van der Waals surface area contributed by atoms with Gasteiger partial charge in [0, 0.05) is 12.0 Å². The molecule has 0 spiro atoms. The number of nitrogens with zero attached hydrogens (tertiary/aromatic N) is 1. The van der Waals surface area contributed by atoms with Gasteiger partial charge < -0.3 is 48.1 Å². The zero-order valence-electron chi connectivity index (χ0n) is 12.9. The van der Waals surface area contributed by atoms with Gasteiger partial charge in [-0.3, -0.25) is 0 Å². The lowest BCUT2D eigenvalue weighted by Gasteiger charge is -2.48. The third-order valence-corrected chi connectivity index (χ3v) is 5.93. The Morgan fingerprint density at radius 2 is 1.91 bits per heavy atom. The van der Waals surface area contributed by atoms with E-state index in [2.05, 4.69) is 13.1 Å². The van der Waals surface area contributed by atoms with Crippen molar-refractivity contribution in [2.24, 2.45) is 0 Å². The van der Waals surface area contributed by atoms with Crippen LogP contribution in [0.25, 0.3) is 0 Å². The standard InChI is InChI=1S/C17H20NO4.HI/c1-18-3-2-9-4-12(19)17(20)15(16(9)18)11-6-14-13(21-8-22-14)5-10(11)7-18;/h4-6,12,15-17,19-20H,2-3,7-8H2,1H3;1H/q+1;/p-1/t12-,15-,16?,17+,18+;/m0./s1. The number of hydrogen-bond donors (Lipinski definition) is 2. The van der Waals surface area contributed by atoms with Crippen LogP contribution in [-0.2, 0) is 6.54 Å². The molecule has 5 rings (SSSR count). The van der Waals surface area contributed by atoms with Gasteiger partial charge in [-0.2, -0.15) is 0 Å². The summed E-state index contributed by atoms with van der Waals surface area (Å²) in [5.74, 6) is 1.48. The quantitative estimate of drug-likeness (QED) is 0.282. The third kappa shape index (κ3) is 2.01. The van der Waals surface area contributed by atoms with Crippen molar-refractivity contribution >= 4 is 0 Å². The minimum atomic E-state index is -0.779. The van der Waals surface area contributed by atoms with Crippen molar-refractivity contribution in [1.29, 1.82) is 0 Å². The van der Waals surface area contributed by atoms with Crippen LogP contribution >= 0.6 is 0 Å². The van der Waals surface area contributed by atoms with E-state index in [4.69, 9.17) is 9.47 Å². The fourth-order valence-corrected chi connectivity index (χ4v) is 4.96. The maximum atomic E-state index is 10.7. The highest BCUT2D eigenvalue weighted by molar-refractivity contribution is 5.52. The fourth-order valence-electron chi connectivity index (χ4n) is 4.96. The first-order valence-electron chi connectivity index (χ1n) is 7.90. The summed E-state index contributed by atoms with van der Waals surface area (Å²) in [4.78, 5) is 0. The highest BCUT2D eigenvalue weighted by Crippen LogP contribution is 2.52. The Bertz CT molecular complexity index is 706. The smallest absolute Gasteiger partial charge is 0.231 e. The number of aliphatic hydroxyl groups excluding tert-OH is 2. The molecule has 0 amide bonds. The summed E-state index contributed by atoms with van der Waals surface area (Å²) < 4.78 is 11.9. The number of fused-ring (bicyclic) bond motifs is 3. The van der Waals surface area contributed by atoms with Gasteiger partial charge in [0.05, 0.1) is 31.7 Å². The first kappa shape index (κ1) is 15.7. The Balaban J connectivity index is 0.00000135. The zero-order valence-corrected chi connectivity index (χ0v) is 15.1. The number of quaternary nitrogens is 1. The highest BCUT2D eigenvalue weighted by Gasteiger charge is 2.56. The van der Waals surface area contributed by atoms with E-state index in [-0.39, 0.29) is 42.7 Å². The number of hydrogen-bond acceptors (Lipinski definition) is 4. The molecule has 0 aromatic heterocycles. The van der Waals surface area contributed by atoms with Gasteiger partial charge in [0.25, 0.3) is 0 Å². The van der Waals surface area contributed by atoms with Crippen LogP contribution in [0.3, 0.4) is 0 Å². The molecule has 3 heterocycles. The molecule has 2 N–H and O–H groups in total. The van der Waals surface area contributed by atoms with E-state index in [1.165, 1.54) is 11.1 Å². The third-order valence-electron chi connectivity index (χ3n) is 5.93. The summed E-state index contributed by atoms with van der Waals surface area (Å²) in [5.41, 5.74) is 3.62. The van der Waals surface area contributed by atoms with Crippen LogP contribution in [0.5, 0.6) is 11.5 Å². The average molecular weight is 429 g/mol. The first-order chi connectivity index (χ1) is 10.6. The SMILES string of the molecule is C[N@@+]12CCC3=C[C@H](O)[C@@H](O)[C@@H](c4cc5c(cc4C1)OCO5)C32.[I-]. The summed E-state index contributed by atoms with van der Waals surface area (Å²) >= 11 is 0. The molecular weight excluding hydrogens is 409 g/mol. The lowest BCUT2D eigenvalue weighted by Crippen LogP contribution is -3.00. The second kappa shape index (κ2) is 5.08. The number of rotatable bonds is 0.